The first-order valence-corrected chi connectivity index (χ1v) is 5.98. The van der Waals surface area contributed by atoms with Crippen molar-refractivity contribution in [3.8, 4) is 0 Å². The lowest BCUT2D eigenvalue weighted by atomic mass is 10.2. The first-order valence-electron chi connectivity index (χ1n) is 5.11. The Kier molecular flexibility index (Phi) is 5.78. The van der Waals surface area contributed by atoms with Crippen LogP contribution in [0.1, 0.15) is 17.1 Å². The zero-order chi connectivity index (χ0) is 11.1. The average molecular weight is 229 g/mol. The van der Waals surface area contributed by atoms with Crippen LogP contribution in [0.4, 0.5) is 0 Å². The SMILES string of the molecule is COC(CN)CCNCc1csc(C)n1. The van der Waals surface area contributed by atoms with Crippen LogP contribution in [0.5, 0.6) is 0 Å². The van der Waals surface area contributed by atoms with Crippen molar-refractivity contribution in [3.05, 3.63) is 16.1 Å². The third kappa shape index (κ3) is 4.70. The molecule has 5 heteroatoms. The number of nitrogens with one attached hydrogen (secondary N) is 1. The Balaban J connectivity index is 2.11. The van der Waals surface area contributed by atoms with Gasteiger partial charge in [-0.15, -0.1) is 11.3 Å². The number of ether oxygens (including phenoxy) is 1. The summed E-state index contributed by atoms with van der Waals surface area (Å²) in [4.78, 5) is 4.37. The molecule has 0 saturated carbocycles. The second-order valence-electron chi connectivity index (χ2n) is 3.42. The molecular formula is C10H19N3OS. The zero-order valence-corrected chi connectivity index (χ0v) is 10.1. The minimum atomic E-state index is 0.162. The van der Waals surface area contributed by atoms with Crippen LogP contribution < -0.4 is 11.1 Å². The van der Waals surface area contributed by atoms with Gasteiger partial charge in [-0.2, -0.15) is 0 Å². The van der Waals surface area contributed by atoms with Gasteiger partial charge >= 0.3 is 0 Å². The largest absolute Gasteiger partial charge is 0.380 e. The quantitative estimate of drug-likeness (QED) is 0.682. The van der Waals surface area contributed by atoms with Gasteiger partial charge in [0.2, 0.25) is 0 Å². The van der Waals surface area contributed by atoms with E-state index in [1.807, 2.05) is 6.92 Å². The van der Waals surface area contributed by atoms with Gasteiger partial charge in [0.25, 0.3) is 0 Å². The molecule has 1 aromatic rings. The van der Waals surface area contributed by atoms with Gasteiger partial charge in [-0.25, -0.2) is 4.98 Å². The van der Waals surface area contributed by atoms with Crippen molar-refractivity contribution >= 4 is 11.3 Å². The van der Waals surface area contributed by atoms with Crippen molar-refractivity contribution in [1.82, 2.24) is 10.3 Å². The Morgan fingerprint density at radius 3 is 3.00 bits per heavy atom. The fraction of sp³-hybridized carbons (Fsp3) is 0.700. The van der Waals surface area contributed by atoms with Crippen molar-refractivity contribution in [2.45, 2.75) is 26.0 Å². The van der Waals surface area contributed by atoms with Gasteiger partial charge in [-0.05, 0) is 19.9 Å². The van der Waals surface area contributed by atoms with E-state index in [4.69, 9.17) is 10.5 Å². The molecule has 1 unspecified atom stereocenters. The summed E-state index contributed by atoms with van der Waals surface area (Å²) in [6.07, 6.45) is 1.10. The normalized spacial score (nSPS) is 13.0. The monoisotopic (exact) mass is 229 g/mol. The summed E-state index contributed by atoms with van der Waals surface area (Å²) >= 11 is 1.68. The molecule has 1 heterocycles. The number of hydrogen-bond acceptors (Lipinski definition) is 5. The van der Waals surface area contributed by atoms with Crippen molar-refractivity contribution in [1.29, 1.82) is 0 Å². The second kappa shape index (κ2) is 6.90. The van der Waals surface area contributed by atoms with Crippen molar-refractivity contribution in [2.24, 2.45) is 5.73 Å². The molecule has 1 atom stereocenters. The molecule has 0 radical (unpaired) electrons. The highest BCUT2D eigenvalue weighted by molar-refractivity contribution is 7.09. The predicted molar refractivity (Wildman–Crippen MR) is 63.0 cm³/mol. The molecular weight excluding hydrogens is 210 g/mol. The lowest BCUT2D eigenvalue weighted by Gasteiger charge is -2.12. The van der Waals surface area contributed by atoms with E-state index in [1.54, 1.807) is 18.4 Å². The van der Waals surface area contributed by atoms with Crippen LogP contribution in [0.15, 0.2) is 5.38 Å². The van der Waals surface area contributed by atoms with Crippen LogP contribution in [-0.4, -0.2) is 31.3 Å². The standard InChI is InChI=1S/C10H19N3OS/c1-8-13-9(7-15-8)6-12-4-3-10(5-11)14-2/h7,10,12H,3-6,11H2,1-2H3. The van der Waals surface area contributed by atoms with Gasteiger partial charge in [-0.1, -0.05) is 0 Å². The van der Waals surface area contributed by atoms with Gasteiger partial charge in [0.1, 0.15) is 0 Å². The molecule has 0 fully saturated rings. The van der Waals surface area contributed by atoms with Crippen LogP contribution in [0, 0.1) is 6.92 Å². The number of nitrogens with two attached hydrogens (primary N) is 1. The number of aromatic nitrogens is 1. The third-order valence-electron chi connectivity index (χ3n) is 2.21. The van der Waals surface area contributed by atoms with Crippen molar-refractivity contribution in [3.63, 3.8) is 0 Å². The van der Waals surface area contributed by atoms with E-state index in [1.165, 1.54) is 0 Å². The zero-order valence-electron chi connectivity index (χ0n) is 9.32. The van der Waals surface area contributed by atoms with E-state index in [0.29, 0.717) is 6.54 Å². The summed E-state index contributed by atoms with van der Waals surface area (Å²) in [7, 11) is 1.70. The van der Waals surface area contributed by atoms with Crippen LogP contribution in [0.2, 0.25) is 0 Å². The van der Waals surface area contributed by atoms with Crippen molar-refractivity contribution in [2.75, 3.05) is 20.2 Å². The summed E-state index contributed by atoms with van der Waals surface area (Å²) in [5, 5.41) is 6.52. The van der Waals surface area contributed by atoms with Gasteiger partial charge in [0, 0.05) is 25.6 Å². The van der Waals surface area contributed by atoms with Crippen LogP contribution in [0.25, 0.3) is 0 Å². The number of hydrogen-bond donors (Lipinski definition) is 2. The van der Waals surface area contributed by atoms with Crippen molar-refractivity contribution < 1.29 is 4.74 Å². The molecule has 0 spiro atoms. The maximum absolute atomic E-state index is 5.52. The molecule has 86 valence electrons. The molecule has 4 nitrogen and oxygen atoms in total. The molecule has 1 aromatic heterocycles. The van der Waals surface area contributed by atoms with Gasteiger partial charge < -0.3 is 15.8 Å². The smallest absolute Gasteiger partial charge is 0.0897 e. The van der Waals surface area contributed by atoms with E-state index in [0.717, 1.165) is 30.2 Å². The highest BCUT2D eigenvalue weighted by Gasteiger charge is 2.03. The molecule has 0 amide bonds. The highest BCUT2D eigenvalue weighted by Crippen LogP contribution is 2.07. The molecule has 0 aliphatic rings. The Labute approximate surface area is 94.8 Å². The molecule has 0 saturated heterocycles. The highest BCUT2D eigenvalue weighted by atomic mass is 32.1. The Morgan fingerprint density at radius 2 is 2.47 bits per heavy atom. The molecule has 3 N–H and O–H groups in total. The van der Waals surface area contributed by atoms with E-state index in [9.17, 15) is 0 Å². The number of rotatable bonds is 7. The summed E-state index contributed by atoms with van der Waals surface area (Å²) in [6.45, 7) is 4.33. The number of thiazole rings is 1. The molecule has 0 aliphatic carbocycles. The van der Waals surface area contributed by atoms with Crippen LogP contribution in [0.3, 0.4) is 0 Å². The van der Waals surface area contributed by atoms with Gasteiger partial charge in [0.15, 0.2) is 0 Å². The number of aryl methyl sites for hydroxylation is 1. The van der Waals surface area contributed by atoms with Crippen LogP contribution >= 0.6 is 11.3 Å². The number of methoxy groups -OCH3 is 1. The van der Waals surface area contributed by atoms with Crippen LogP contribution in [-0.2, 0) is 11.3 Å². The summed E-state index contributed by atoms with van der Waals surface area (Å²) in [5.41, 5.74) is 6.63. The fourth-order valence-corrected chi connectivity index (χ4v) is 1.91. The minimum absolute atomic E-state index is 0.162. The molecule has 0 aliphatic heterocycles. The topological polar surface area (TPSA) is 60.2 Å². The molecule has 15 heavy (non-hydrogen) atoms. The van der Waals surface area contributed by atoms with Gasteiger partial charge in [0.05, 0.1) is 16.8 Å². The third-order valence-corrected chi connectivity index (χ3v) is 3.03. The maximum atomic E-state index is 5.52. The minimum Gasteiger partial charge on any atom is -0.380 e. The fourth-order valence-electron chi connectivity index (χ4n) is 1.30. The average Bonchev–Trinajstić information content (AvgIpc) is 2.65. The lowest BCUT2D eigenvalue weighted by molar-refractivity contribution is 0.102. The summed E-state index contributed by atoms with van der Waals surface area (Å²) in [5.74, 6) is 0. The second-order valence-corrected chi connectivity index (χ2v) is 4.48. The molecule has 1 rings (SSSR count). The lowest BCUT2D eigenvalue weighted by Crippen LogP contribution is -2.27. The number of nitrogens with zero attached hydrogens (tertiary/aromatic N) is 1. The molecule has 0 aromatic carbocycles. The summed E-state index contributed by atoms with van der Waals surface area (Å²) < 4.78 is 5.18. The van der Waals surface area contributed by atoms with E-state index < -0.39 is 0 Å². The maximum Gasteiger partial charge on any atom is 0.0897 e. The predicted octanol–water partition coefficient (Wildman–Crippen LogP) is 0.905. The first-order chi connectivity index (χ1) is 7.26. The Morgan fingerprint density at radius 1 is 1.67 bits per heavy atom. The summed E-state index contributed by atoms with van der Waals surface area (Å²) in [6, 6.07) is 0. The van der Waals surface area contributed by atoms with Gasteiger partial charge in [-0.3, -0.25) is 0 Å². The first kappa shape index (κ1) is 12.6. The van der Waals surface area contributed by atoms with E-state index >= 15 is 0 Å². The molecule has 0 bridgehead atoms. The van der Waals surface area contributed by atoms with E-state index in [-0.39, 0.29) is 6.10 Å². The Hall–Kier alpha value is -0.490. The Bertz CT molecular complexity index is 273. The van der Waals surface area contributed by atoms with E-state index in [2.05, 4.69) is 15.7 Å².